The molecule has 1 heterocycles. The highest BCUT2D eigenvalue weighted by molar-refractivity contribution is 5.52. The van der Waals surface area contributed by atoms with E-state index in [1.807, 2.05) is 12.1 Å². The molecule has 2 rings (SSSR count). The number of aryl methyl sites for hydroxylation is 1. The second-order valence-electron chi connectivity index (χ2n) is 4.01. The van der Waals surface area contributed by atoms with Crippen LogP contribution in [0.5, 0.6) is 0 Å². The molecule has 0 aliphatic carbocycles. The standard InChI is InChI=1S/C13H17N3O/c1-2-3-4-10-5-7-11(8-6-10)13-16-15-12(9-14)17-13/h5-8H,2-4,9,14H2,1H3. The van der Waals surface area contributed by atoms with Gasteiger partial charge in [0.1, 0.15) is 0 Å². The second kappa shape index (κ2) is 5.59. The van der Waals surface area contributed by atoms with Crippen molar-refractivity contribution in [2.24, 2.45) is 5.73 Å². The van der Waals surface area contributed by atoms with E-state index >= 15 is 0 Å². The molecule has 0 radical (unpaired) electrons. The third-order valence-electron chi connectivity index (χ3n) is 2.66. The Morgan fingerprint density at radius 3 is 2.53 bits per heavy atom. The summed E-state index contributed by atoms with van der Waals surface area (Å²) in [6.45, 7) is 2.47. The summed E-state index contributed by atoms with van der Waals surface area (Å²) in [6.07, 6.45) is 3.55. The van der Waals surface area contributed by atoms with Crippen LogP contribution >= 0.6 is 0 Å². The van der Waals surface area contributed by atoms with Crippen molar-refractivity contribution in [1.82, 2.24) is 10.2 Å². The van der Waals surface area contributed by atoms with E-state index in [4.69, 9.17) is 10.2 Å². The van der Waals surface area contributed by atoms with Crippen LogP contribution in [0.1, 0.15) is 31.2 Å². The molecule has 4 nitrogen and oxygen atoms in total. The summed E-state index contributed by atoms with van der Waals surface area (Å²) >= 11 is 0. The summed E-state index contributed by atoms with van der Waals surface area (Å²) in [4.78, 5) is 0. The van der Waals surface area contributed by atoms with Gasteiger partial charge in [0, 0.05) is 5.56 Å². The molecule has 0 spiro atoms. The summed E-state index contributed by atoms with van der Waals surface area (Å²) in [5.41, 5.74) is 7.71. The Labute approximate surface area is 101 Å². The lowest BCUT2D eigenvalue weighted by atomic mass is 10.1. The minimum Gasteiger partial charge on any atom is -0.419 e. The van der Waals surface area contributed by atoms with E-state index in [1.54, 1.807) is 0 Å². The van der Waals surface area contributed by atoms with Gasteiger partial charge in [0.15, 0.2) is 0 Å². The Balaban J connectivity index is 2.11. The molecule has 0 atom stereocenters. The van der Waals surface area contributed by atoms with Crippen molar-refractivity contribution in [3.05, 3.63) is 35.7 Å². The van der Waals surface area contributed by atoms with Crippen molar-refractivity contribution < 1.29 is 4.42 Å². The number of nitrogens with two attached hydrogens (primary N) is 1. The maximum absolute atomic E-state index is 5.42. The van der Waals surface area contributed by atoms with Crippen molar-refractivity contribution in [2.45, 2.75) is 32.7 Å². The summed E-state index contributed by atoms with van der Waals surface area (Å²) in [6, 6.07) is 8.24. The lowest BCUT2D eigenvalue weighted by Crippen LogP contribution is -1.95. The Bertz CT molecular complexity index is 462. The zero-order valence-electron chi connectivity index (χ0n) is 10.0. The number of hydrogen-bond donors (Lipinski definition) is 1. The van der Waals surface area contributed by atoms with Crippen LogP contribution in [0, 0.1) is 0 Å². The van der Waals surface area contributed by atoms with Crippen LogP contribution in [0.3, 0.4) is 0 Å². The van der Waals surface area contributed by atoms with Crippen molar-refractivity contribution in [2.75, 3.05) is 0 Å². The smallest absolute Gasteiger partial charge is 0.247 e. The van der Waals surface area contributed by atoms with E-state index in [9.17, 15) is 0 Å². The Morgan fingerprint density at radius 2 is 1.94 bits per heavy atom. The molecule has 0 amide bonds. The van der Waals surface area contributed by atoms with Gasteiger partial charge >= 0.3 is 0 Å². The molecule has 0 unspecified atom stereocenters. The zero-order valence-corrected chi connectivity index (χ0v) is 10.0. The van der Waals surface area contributed by atoms with Gasteiger partial charge in [0.25, 0.3) is 0 Å². The van der Waals surface area contributed by atoms with Crippen molar-refractivity contribution in [1.29, 1.82) is 0 Å². The van der Waals surface area contributed by atoms with Gasteiger partial charge in [-0.1, -0.05) is 25.5 Å². The van der Waals surface area contributed by atoms with Crippen LogP contribution in [0.2, 0.25) is 0 Å². The van der Waals surface area contributed by atoms with Crippen LogP contribution in [0.15, 0.2) is 28.7 Å². The minimum absolute atomic E-state index is 0.279. The molecule has 2 N–H and O–H groups in total. The van der Waals surface area contributed by atoms with E-state index in [-0.39, 0.29) is 6.54 Å². The molecular weight excluding hydrogens is 214 g/mol. The second-order valence-corrected chi connectivity index (χ2v) is 4.01. The molecule has 0 aliphatic rings. The monoisotopic (exact) mass is 231 g/mol. The van der Waals surface area contributed by atoms with Crippen LogP contribution in [0.25, 0.3) is 11.5 Å². The van der Waals surface area contributed by atoms with Crippen molar-refractivity contribution in [3.63, 3.8) is 0 Å². The molecule has 0 saturated heterocycles. The van der Waals surface area contributed by atoms with Crippen LogP contribution < -0.4 is 5.73 Å². The molecule has 2 aromatic rings. The number of rotatable bonds is 5. The van der Waals surface area contributed by atoms with Crippen molar-refractivity contribution in [3.8, 4) is 11.5 Å². The highest BCUT2D eigenvalue weighted by Gasteiger charge is 2.06. The fourth-order valence-electron chi connectivity index (χ4n) is 1.65. The maximum Gasteiger partial charge on any atom is 0.247 e. The lowest BCUT2D eigenvalue weighted by Gasteiger charge is -2.00. The fraction of sp³-hybridized carbons (Fsp3) is 0.385. The number of benzene rings is 1. The third-order valence-corrected chi connectivity index (χ3v) is 2.66. The van der Waals surface area contributed by atoms with Gasteiger partial charge in [-0.05, 0) is 30.5 Å². The molecule has 0 saturated carbocycles. The van der Waals surface area contributed by atoms with Crippen LogP contribution in [-0.2, 0) is 13.0 Å². The molecule has 1 aromatic carbocycles. The van der Waals surface area contributed by atoms with Gasteiger partial charge in [-0.3, -0.25) is 0 Å². The Hall–Kier alpha value is -1.68. The average Bonchev–Trinajstić information content (AvgIpc) is 2.86. The van der Waals surface area contributed by atoms with Gasteiger partial charge in [-0.15, -0.1) is 10.2 Å². The lowest BCUT2D eigenvalue weighted by molar-refractivity contribution is 0.508. The van der Waals surface area contributed by atoms with Gasteiger partial charge < -0.3 is 10.2 Å². The van der Waals surface area contributed by atoms with Crippen LogP contribution in [0.4, 0.5) is 0 Å². The summed E-state index contributed by atoms with van der Waals surface area (Å²) in [5.74, 6) is 1.00. The SMILES string of the molecule is CCCCc1ccc(-c2nnc(CN)o2)cc1. The van der Waals surface area contributed by atoms with E-state index in [1.165, 1.54) is 18.4 Å². The number of nitrogens with zero attached hydrogens (tertiary/aromatic N) is 2. The molecular formula is C13H17N3O. The molecule has 4 heteroatoms. The zero-order chi connectivity index (χ0) is 12.1. The molecule has 17 heavy (non-hydrogen) atoms. The molecule has 1 aromatic heterocycles. The van der Waals surface area contributed by atoms with E-state index in [2.05, 4.69) is 29.3 Å². The van der Waals surface area contributed by atoms with E-state index in [0.717, 1.165) is 12.0 Å². The first kappa shape index (κ1) is 11.8. The minimum atomic E-state index is 0.279. The normalized spacial score (nSPS) is 10.7. The highest BCUT2D eigenvalue weighted by Crippen LogP contribution is 2.18. The fourth-order valence-corrected chi connectivity index (χ4v) is 1.65. The first-order valence-corrected chi connectivity index (χ1v) is 5.95. The predicted octanol–water partition coefficient (Wildman–Crippen LogP) is 2.54. The third kappa shape index (κ3) is 2.91. The van der Waals surface area contributed by atoms with E-state index in [0.29, 0.717) is 11.8 Å². The Kier molecular flexibility index (Phi) is 3.88. The maximum atomic E-state index is 5.42. The summed E-state index contributed by atoms with van der Waals surface area (Å²) < 4.78 is 5.39. The van der Waals surface area contributed by atoms with Gasteiger partial charge in [-0.2, -0.15) is 0 Å². The van der Waals surface area contributed by atoms with E-state index < -0.39 is 0 Å². The number of hydrogen-bond acceptors (Lipinski definition) is 4. The molecule has 0 bridgehead atoms. The molecule has 90 valence electrons. The first-order chi connectivity index (χ1) is 8.33. The summed E-state index contributed by atoms with van der Waals surface area (Å²) in [7, 11) is 0. The van der Waals surface area contributed by atoms with Gasteiger partial charge in [0.2, 0.25) is 11.8 Å². The van der Waals surface area contributed by atoms with Crippen LogP contribution in [-0.4, -0.2) is 10.2 Å². The highest BCUT2D eigenvalue weighted by atomic mass is 16.4. The Morgan fingerprint density at radius 1 is 1.18 bits per heavy atom. The topological polar surface area (TPSA) is 64.9 Å². The van der Waals surface area contributed by atoms with Gasteiger partial charge in [0.05, 0.1) is 6.54 Å². The first-order valence-electron chi connectivity index (χ1n) is 5.95. The van der Waals surface area contributed by atoms with Gasteiger partial charge in [-0.25, -0.2) is 0 Å². The largest absolute Gasteiger partial charge is 0.419 e. The number of unbranched alkanes of at least 4 members (excludes halogenated alkanes) is 1. The van der Waals surface area contributed by atoms with Crippen molar-refractivity contribution >= 4 is 0 Å². The average molecular weight is 231 g/mol. The summed E-state index contributed by atoms with van der Waals surface area (Å²) in [5, 5.41) is 7.79. The quantitative estimate of drug-likeness (QED) is 0.858. The predicted molar refractivity (Wildman–Crippen MR) is 66.2 cm³/mol. The molecule has 0 fully saturated rings. The molecule has 0 aliphatic heterocycles. The number of aromatic nitrogens is 2.